The highest BCUT2D eigenvalue weighted by Crippen LogP contribution is 2.33. The fourth-order valence-corrected chi connectivity index (χ4v) is 14.0. The summed E-state index contributed by atoms with van der Waals surface area (Å²) in [4.78, 5) is 13.5. The van der Waals surface area contributed by atoms with Gasteiger partial charge in [0.25, 0.3) is 0 Å². The number of nitrogens with one attached hydrogen (secondary N) is 1. The van der Waals surface area contributed by atoms with E-state index in [-0.39, 0.29) is 18.9 Å². The number of aliphatic hydroxyl groups is 11. The van der Waals surface area contributed by atoms with Crippen molar-refractivity contribution < 1.29 is 89.4 Å². The number of hydrogen-bond acceptors (Lipinski definition) is 18. The van der Waals surface area contributed by atoms with Gasteiger partial charge < -0.3 is 89.9 Å². The number of unbranched alkanes of at least 4 members (excludes halogenated alkanes) is 31. The number of allylic oxidation sites excluding steroid dienone is 22. The minimum atomic E-state index is -1.98. The van der Waals surface area contributed by atoms with E-state index in [0.29, 0.717) is 12.8 Å². The van der Waals surface area contributed by atoms with Crippen LogP contribution in [0, 0.1) is 0 Å². The Morgan fingerprint density at radius 3 is 0.973 bits per heavy atom. The van der Waals surface area contributed by atoms with Crippen molar-refractivity contribution >= 4 is 5.91 Å². The van der Waals surface area contributed by atoms with E-state index in [1.807, 2.05) is 0 Å². The first-order valence-electron chi connectivity index (χ1n) is 43.9. The summed E-state index contributed by atoms with van der Waals surface area (Å²) in [7, 11) is 0. The number of carbonyl (C=O) groups is 1. The molecule has 19 nitrogen and oxygen atoms in total. The van der Waals surface area contributed by atoms with Crippen molar-refractivity contribution in [1.82, 2.24) is 5.32 Å². The lowest BCUT2D eigenvalue weighted by molar-refractivity contribution is -0.379. The molecule has 0 aromatic heterocycles. The number of ether oxygens (including phenoxy) is 6. The van der Waals surface area contributed by atoms with Gasteiger partial charge in [0, 0.05) is 6.42 Å². The van der Waals surface area contributed by atoms with Crippen LogP contribution in [0.4, 0.5) is 0 Å². The summed E-state index contributed by atoms with van der Waals surface area (Å²) in [5.41, 5.74) is 0. The third-order valence-electron chi connectivity index (χ3n) is 21.0. The maximum Gasteiger partial charge on any atom is 0.220 e. The van der Waals surface area contributed by atoms with Gasteiger partial charge in [-0.25, -0.2) is 0 Å². The van der Waals surface area contributed by atoms with Gasteiger partial charge >= 0.3 is 0 Å². The van der Waals surface area contributed by atoms with Crippen molar-refractivity contribution in [3.63, 3.8) is 0 Å². The number of hydrogen-bond donors (Lipinski definition) is 12. The van der Waals surface area contributed by atoms with Gasteiger partial charge in [0.15, 0.2) is 18.9 Å². The van der Waals surface area contributed by atoms with Crippen LogP contribution in [-0.4, -0.2) is 193 Å². The van der Waals surface area contributed by atoms with Crippen LogP contribution in [0.1, 0.15) is 309 Å². The molecule has 19 heteroatoms. The minimum absolute atomic E-state index is 0.236. The van der Waals surface area contributed by atoms with Crippen molar-refractivity contribution in [3.8, 4) is 0 Å². The van der Waals surface area contributed by atoms with Gasteiger partial charge in [-0.15, -0.1) is 0 Å². The molecule has 1 amide bonds. The summed E-state index contributed by atoms with van der Waals surface area (Å²) in [6, 6.07) is -0.910. The molecule has 0 spiro atoms. The molecular formula is C92H157NO18. The SMILES string of the molecule is CC/C=C\C/C=C\C/C=C\C/C=C\C/C=C\C/C=C\C/C=C\C/C=C\C/C=C\C/C=C\C/C=C\CCCCCCCC(=O)NC(COC1OC(CO)C(OC2OC(CO)C(OC3OC(CO)C(O)C(O)C3O)C(O)C2O)C(O)C1O)C(O)CCCCCCCCCCCCCCCCCCCCCCCCCCCCC. The molecule has 0 radical (unpaired) electrons. The molecule has 0 aromatic carbocycles. The van der Waals surface area contributed by atoms with Crippen molar-refractivity contribution in [1.29, 1.82) is 0 Å². The van der Waals surface area contributed by atoms with Crippen molar-refractivity contribution in [2.45, 2.75) is 413 Å². The van der Waals surface area contributed by atoms with E-state index in [2.05, 4.69) is 153 Å². The van der Waals surface area contributed by atoms with Gasteiger partial charge in [0.05, 0.1) is 38.6 Å². The molecule has 0 saturated carbocycles. The fraction of sp³-hybridized carbons (Fsp3) is 0.750. The van der Waals surface area contributed by atoms with Crippen molar-refractivity contribution in [2.75, 3.05) is 26.4 Å². The average molecular weight is 1570 g/mol. The summed E-state index contributed by atoms with van der Waals surface area (Å²) in [6.45, 7) is 1.70. The van der Waals surface area contributed by atoms with E-state index in [4.69, 9.17) is 28.4 Å². The molecule has 3 fully saturated rings. The van der Waals surface area contributed by atoms with Crippen LogP contribution in [-0.2, 0) is 33.2 Å². The Morgan fingerprint density at radius 1 is 0.333 bits per heavy atom. The van der Waals surface area contributed by atoms with E-state index >= 15 is 0 Å². The maximum atomic E-state index is 13.5. The minimum Gasteiger partial charge on any atom is -0.394 e. The molecule has 3 saturated heterocycles. The zero-order valence-electron chi connectivity index (χ0n) is 68.6. The maximum absolute atomic E-state index is 13.5. The second-order valence-corrected chi connectivity index (χ2v) is 30.6. The molecule has 0 aromatic rings. The number of carbonyl (C=O) groups excluding carboxylic acids is 1. The Labute approximate surface area is 670 Å². The third kappa shape index (κ3) is 48.9. The van der Waals surface area contributed by atoms with Crippen LogP contribution in [0.25, 0.3) is 0 Å². The lowest BCUT2D eigenvalue weighted by atomic mass is 9.96. The van der Waals surface area contributed by atoms with E-state index in [1.165, 1.54) is 148 Å². The second-order valence-electron chi connectivity index (χ2n) is 30.6. The zero-order chi connectivity index (χ0) is 80.3. The molecule has 3 rings (SSSR count). The smallest absolute Gasteiger partial charge is 0.220 e. The quantitative estimate of drug-likeness (QED) is 0.0199. The Hall–Kier alpha value is -4.07. The molecule has 17 atom stereocenters. The highest BCUT2D eigenvalue weighted by molar-refractivity contribution is 5.76. The van der Waals surface area contributed by atoms with Gasteiger partial charge in [-0.2, -0.15) is 0 Å². The Balaban J connectivity index is 1.35. The first-order chi connectivity index (χ1) is 54.3. The molecule has 3 aliphatic rings. The first kappa shape index (κ1) is 101. The molecular weight excluding hydrogens is 1410 g/mol. The number of amides is 1. The van der Waals surface area contributed by atoms with Gasteiger partial charge in [-0.3, -0.25) is 4.79 Å². The lowest BCUT2D eigenvalue weighted by Gasteiger charge is -2.48. The van der Waals surface area contributed by atoms with E-state index in [1.54, 1.807) is 0 Å². The largest absolute Gasteiger partial charge is 0.394 e. The predicted octanol–water partition coefficient (Wildman–Crippen LogP) is 16.4. The fourth-order valence-electron chi connectivity index (χ4n) is 14.0. The molecule has 3 heterocycles. The molecule has 17 unspecified atom stereocenters. The monoisotopic (exact) mass is 1560 g/mol. The molecule has 638 valence electrons. The zero-order valence-corrected chi connectivity index (χ0v) is 68.6. The van der Waals surface area contributed by atoms with Crippen LogP contribution < -0.4 is 5.32 Å². The summed E-state index contributed by atoms with van der Waals surface area (Å²) in [5, 5.41) is 121. The van der Waals surface area contributed by atoms with Crippen LogP contribution in [0.3, 0.4) is 0 Å². The van der Waals surface area contributed by atoms with Gasteiger partial charge in [0.2, 0.25) is 5.91 Å². The van der Waals surface area contributed by atoms with Crippen LogP contribution in [0.5, 0.6) is 0 Å². The van der Waals surface area contributed by atoms with Crippen LogP contribution in [0.15, 0.2) is 134 Å². The highest BCUT2D eigenvalue weighted by atomic mass is 16.8. The molecule has 12 N–H and O–H groups in total. The Bertz CT molecular complexity index is 2530. The summed E-state index contributed by atoms with van der Waals surface area (Å²) in [5.74, 6) is -0.263. The van der Waals surface area contributed by atoms with E-state index in [9.17, 15) is 61.0 Å². The summed E-state index contributed by atoms with van der Waals surface area (Å²) >= 11 is 0. The molecule has 0 aliphatic carbocycles. The van der Waals surface area contributed by atoms with E-state index < -0.39 is 124 Å². The lowest BCUT2D eigenvalue weighted by Crippen LogP contribution is -2.66. The van der Waals surface area contributed by atoms with Gasteiger partial charge in [-0.05, 0) is 96.3 Å². The Morgan fingerprint density at radius 2 is 0.622 bits per heavy atom. The third-order valence-corrected chi connectivity index (χ3v) is 21.0. The first-order valence-corrected chi connectivity index (χ1v) is 43.9. The average Bonchev–Trinajstić information content (AvgIpc) is 0.780. The molecule has 111 heavy (non-hydrogen) atoms. The predicted molar refractivity (Wildman–Crippen MR) is 447 cm³/mol. The summed E-state index contributed by atoms with van der Waals surface area (Å²) in [6.07, 6.45) is 73.9. The normalized spacial score (nSPS) is 25.7. The Kier molecular flexibility index (Phi) is 63.9. The standard InChI is InChI=1S/C92H157NO18/c1-3-5-7-9-11-13-15-17-19-21-23-25-27-29-31-32-33-34-35-36-37-38-39-40-41-42-44-46-48-50-52-54-56-58-60-62-64-66-68-70-80(98)93-75(76(97)69-67-65-63-61-59-57-55-53-51-49-47-45-43-30-28-26-24-22-20-18-16-14-12-10-8-6-4-2)74-106-90-86(104)83(101)88(78(72-95)108-90)111-92-87(105)84(102)89(79(73-96)109-92)110-91-85(103)82(100)81(99)77(71-94)107-91/h5,7,11,13,17,19,23,25,29,31,33-34,36-37,39-40,42,44,48,50,54,56,75-79,81-92,94-97,99-105H,3-4,6,8-10,12,14-16,18,20-22,24,26-28,30,32,35,38,41,43,45-47,49,51-53,55,57-74H2,1-2H3,(H,93,98)/b7-5-,13-11-,19-17-,25-23-,31-29-,34-33-,37-36-,40-39-,44-42-,50-48-,56-54-. The second kappa shape index (κ2) is 70.2. The highest BCUT2D eigenvalue weighted by Gasteiger charge is 2.54. The van der Waals surface area contributed by atoms with Crippen molar-refractivity contribution in [3.05, 3.63) is 134 Å². The van der Waals surface area contributed by atoms with Gasteiger partial charge in [0.1, 0.15) is 73.2 Å². The van der Waals surface area contributed by atoms with Crippen molar-refractivity contribution in [2.24, 2.45) is 0 Å². The molecule has 3 aliphatic heterocycles. The molecule has 0 bridgehead atoms. The number of aliphatic hydroxyl groups excluding tert-OH is 11. The van der Waals surface area contributed by atoms with Crippen LogP contribution in [0.2, 0.25) is 0 Å². The summed E-state index contributed by atoms with van der Waals surface area (Å²) < 4.78 is 34.6. The van der Waals surface area contributed by atoms with Crippen LogP contribution >= 0.6 is 0 Å². The van der Waals surface area contributed by atoms with Gasteiger partial charge in [-0.1, -0.05) is 340 Å². The number of rotatable bonds is 69. The topological polar surface area (TPSA) is 307 Å². The van der Waals surface area contributed by atoms with E-state index in [0.717, 1.165) is 128 Å².